The number of hydrogen-bond acceptors (Lipinski definition) is 21. The number of hydrogen-bond donors (Lipinski definition) is 9. The number of carbonyl (C=O) groups excluding carboxylic acids is 1. The molecule has 0 aromatic heterocycles. The van der Waals surface area contributed by atoms with Gasteiger partial charge in [-0.3, -0.25) is 0 Å². The van der Waals surface area contributed by atoms with Gasteiger partial charge in [0.15, 0.2) is 52.7 Å². The minimum absolute atomic E-state index is 0.0626. The fourth-order valence-electron chi connectivity index (χ4n) is 8.35. The van der Waals surface area contributed by atoms with E-state index < -0.39 is 92.2 Å². The van der Waals surface area contributed by atoms with Crippen molar-refractivity contribution >= 4 is 12.0 Å². The van der Waals surface area contributed by atoms with Gasteiger partial charge in [-0.15, -0.1) is 0 Å². The average Bonchev–Trinajstić information content (AvgIpc) is 3.60. The lowest BCUT2D eigenvalue weighted by molar-refractivity contribution is -0.312. The van der Waals surface area contributed by atoms with E-state index in [1.54, 1.807) is 18.2 Å². The summed E-state index contributed by atoms with van der Waals surface area (Å²) < 4.78 is 60.7. The topological polar surface area (TPSA) is 301 Å². The molecule has 358 valence electrons. The molecule has 0 radical (unpaired) electrons. The molecule has 2 saturated heterocycles. The maximum Gasteiger partial charge on any atom is 0.330 e. The largest absolute Gasteiger partial charge is 0.502 e. The van der Waals surface area contributed by atoms with Crippen molar-refractivity contribution in [3.8, 4) is 51.7 Å². The smallest absolute Gasteiger partial charge is 0.330 e. The quantitative estimate of drug-likeness (QED) is 0.0613. The summed E-state index contributed by atoms with van der Waals surface area (Å²) in [5, 5.41) is 98.0. The van der Waals surface area contributed by atoms with Crippen LogP contribution in [0.2, 0.25) is 0 Å². The predicted octanol–water partition coefficient (Wildman–Crippen LogP) is 0.313. The molecular formula is C44H56O21. The summed E-state index contributed by atoms with van der Waals surface area (Å²) >= 11 is 0. The van der Waals surface area contributed by atoms with Crippen LogP contribution < -0.4 is 28.4 Å². The van der Waals surface area contributed by atoms with Crippen molar-refractivity contribution in [3.05, 3.63) is 58.7 Å². The van der Waals surface area contributed by atoms with E-state index in [-0.39, 0.29) is 71.4 Å². The fraction of sp³-hybridized carbons (Fsp3) is 0.523. The lowest BCUT2D eigenvalue weighted by Crippen LogP contribution is -2.60. The first-order valence-electron chi connectivity index (χ1n) is 20.3. The Morgan fingerprint density at radius 1 is 0.738 bits per heavy atom. The molecule has 6 rings (SSSR count). The fourth-order valence-corrected chi connectivity index (χ4v) is 8.35. The summed E-state index contributed by atoms with van der Waals surface area (Å²) in [5.41, 5.74) is -0.0416. The van der Waals surface area contributed by atoms with E-state index in [1.165, 1.54) is 60.9 Å². The van der Waals surface area contributed by atoms with E-state index >= 15 is 0 Å². The molecule has 21 nitrogen and oxygen atoms in total. The molecule has 21 heteroatoms. The molecule has 2 fully saturated rings. The Hall–Kier alpha value is -5.33. The third kappa shape index (κ3) is 9.94. The van der Waals surface area contributed by atoms with Crippen LogP contribution in [0.3, 0.4) is 0 Å². The molecule has 3 aromatic rings. The van der Waals surface area contributed by atoms with Gasteiger partial charge in [0.25, 0.3) is 0 Å². The van der Waals surface area contributed by atoms with Crippen molar-refractivity contribution < 1.29 is 103 Å². The number of esters is 1. The summed E-state index contributed by atoms with van der Waals surface area (Å²) in [7, 11) is 8.16. The zero-order valence-corrected chi connectivity index (χ0v) is 36.5. The number of aliphatic hydroxyl groups excluding tert-OH is 5. The van der Waals surface area contributed by atoms with Gasteiger partial charge in [-0.1, -0.05) is 0 Å². The van der Waals surface area contributed by atoms with Crippen LogP contribution in [0.15, 0.2) is 36.4 Å². The molecule has 2 aliphatic heterocycles. The molecule has 0 amide bonds. The average molecular weight is 921 g/mol. The van der Waals surface area contributed by atoms with E-state index in [0.29, 0.717) is 22.3 Å². The van der Waals surface area contributed by atoms with E-state index in [4.69, 9.17) is 52.1 Å². The number of fused-ring (bicyclic) bond motifs is 1. The van der Waals surface area contributed by atoms with Crippen LogP contribution in [-0.2, 0) is 34.9 Å². The van der Waals surface area contributed by atoms with Gasteiger partial charge in [-0.25, -0.2) is 4.79 Å². The highest BCUT2D eigenvalue weighted by atomic mass is 16.7. The van der Waals surface area contributed by atoms with E-state index in [1.807, 2.05) is 0 Å². The molecule has 3 unspecified atom stereocenters. The molecule has 11 atom stereocenters. The number of phenolic OH excluding ortho intramolecular Hbond substituents is 3. The number of benzene rings is 3. The number of phenols is 3. The van der Waals surface area contributed by atoms with Crippen molar-refractivity contribution in [2.75, 3.05) is 75.7 Å². The summed E-state index contributed by atoms with van der Waals surface area (Å²) in [4.78, 5) is 12.6. The first kappa shape index (κ1) is 49.1. The van der Waals surface area contributed by atoms with Crippen molar-refractivity contribution in [2.24, 2.45) is 11.8 Å². The lowest BCUT2D eigenvalue weighted by atomic mass is 9.66. The number of aromatic hydroxyl groups is 3. The zero-order valence-electron chi connectivity index (χ0n) is 36.5. The van der Waals surface area contributed by atoms with Gasteiger partial charge >= 0.3 is 5.97 Å². The van der Waals surface area contributed by atoms with Crippen LogP contribution in [0.25, 0.3) is 6.08 Å². The first-order chi connectivity index (χ1) is 31.1. The zero-order chi connectivity index (χ0) is 47.3. The van der Waals surface area contributed by atoms with Crippen molar-refractivity contribution in [1.82, 2.24) is 0 Å². The Bertz CT molecular complexity index is 2110. The van der Waals surface area contributed by atoms with Gasteiger partial charge < -0.3 is 98.1 Å². The second kappa shape index (κ2) is 20.9. The van der Waals surface area contributed by atoms with Gasteiger partial charge in [0.1, 0.15) is 37.1 Å². The number of ether oxygens (including phenoxy) is 11. The number of rotatable bonds is 18. The van der Waals surface area contributed by atoms with Crippen molar-refractivity contribution in [1.29, 1.82) is 0 Å². The molecule has 65 heavy (non-hydrogen) atoms. The van der Waals surface area contributed by atoms with Crippen LogP contribution >= 0.6 is 0 Å². The van der Waals surface area contributed by atoms with Gasteiger partial charge in [0.2, 0.25) is 17.2 Å². The molecule has 2 heterocycles. The first-order valence-corrected chi connectivity index (χ1v) is 20.3. The maximum absolute atomic E-state index is 12.6. The number of methoxy groups -OCH3 is 6. The highest BCUT2D eigenvalue weighted by molar-refractivity contribution is 5.87. The normalized spacial score (nSPS) is 28.7. The third-order valence-electron chi connectivity index (χ3n) is 11.9. The van der Waals surface area contributed by atoms with Crippen molar-refractivity contribution in [2.45, 2.75) is 61.0 Å². The van der Waals surface area contributed by atoms with Crippen LogP contribution in [0.1, 0.15) is 28.2 Å². The van der Waals surface area contributed by atoms with E-state index in [9.17, 15) is 50.8 Å². The standard InChI is InChI=1S/C44H56O21/c1-55-25-9-20(10-26(56-2)34(25)47)7-8-31(46)63-18-44(54)19-64-43(41(44)53)62-17-30-36(49)38(51)39(52)42(65-30)61-16-24-23(15-45)11-21-12-29(59-5)37(50)40(60-6)33(21)32(24)22-13-27(57-3)35(48)28(14-22)58-4/h7-10,12-14,23-24,30,32,36,38-39,41-43,45,47-54H,11,15-19H2,1-6H3/b8-7+/t23?,24?,30-,32?,36-,38+,39-,41+,42-,43+,44-/m1/s1. The van der Waals surface area contributed by atoms with Crippen molar-refractivity contribution in [3.63, 3.8) is 0 Å². The molecule has 9 N–H and O–H groups in total. The Labute approximate surface area is 373 Å². The predicted molar refractivity (Wildman–Crippen MR) is 223 cm³/mol. The Morgan fingerprint density at radius 3 is 1.88 bits per heavy atom. The Morgan fingerprint density at radius 2 is 1.31 bits per heavy atom. The van der Waals surface area contributed by atoms with Gasteiger partial charge in [0, 0.05) is 24.2 Å². The summed E-state index contributed by atoms with van der Waals surface area (Å²) in [6, 6.07) is 7.66. The molecule has 0 spiro atoms. The van der Waals surface area contributed by atoms with Crippen LogP contribution in [0, 0.1) is 11.8 Å². The number of aliphatic hydroxyl groups is 6. The monoisotopic (exact) mass is 920 g/mol. The molecule has 1 aliphatic carbocycles. The molecular weight excluding hydrogens is 864 g/mol. The SMILES string of the molecule is COc1cc(/C=C/C(=O)OC[C@@]2(O)CO[C@H](OC[C@H]3O[C@@H](OCC4C(CO)Cc5cc(OC)c(O)c(OC)c5C4c4cc(OC)c(O)c(OC)c4)[C@H](O)[C@@H](O)[C@@H]3O)[C@@H]2O)cc(OC)c1O. The maximum atomic E-state index is 12.6. The summed E-state index contributed by atoms with van der Waals surface area (Å²) in [6.45, 7) is -2.43. The lowest BCUT2D eigenvalue weighted by Gasteiger charge is -2.43. The van der Waals surface area contributed by atoms with Gasteiger partial charge in [-0.05, 0) is 71.4 Å². The number of carbonyl (C=O) groups is 1. The van der Waals surface area contributed by atoms with Crippen LogP contribution in [0.5, 0.6) is 51.7 Å². The molecule has 3 aliphatic rings. The molecule has 0 bridgehead atoms. The minimum Gasteiger partial charge on any atom is -0.502 e. The second-order valence-corrected chi connectivity index (χ2v) is 15.7. The Kier molecular flexibility index (Phi) is 15.8. The highest BCUT2D eigenvalue weighted by Gasteiger charge is 2.52. The minimum atomic E-state index is -2.12. The van der Waals surface area contributed by atoms with Gasteiger partial charge in [0.05, 0.1) is 62.5 Å². The summed E-state index contributed by atoms with van der Waals surface area (Å²) in [6.07, 6.45) is -8.99. The molecule has 0 saturated carbocycles. The summed E-state index contributed by atoms with van der Waals surface area (Å²) in [5.74, 6) is -3.16. The van der Waals surface area contributed by atoms with E-state index in [0.717, 1.165) is 6.08 Å². The Balaban J connectivity index is 1.15. The van der Waals surface area contributed by atoms with Crippen LogP contribution in [-0.4, -0.2) is 176 Å². The van der Waals surface area contributed by atoms with E-state index in [2.05, 4.69) is 0 Å². The van der Waals surface area contributed by atoms with Gasteiger partial charge in [-0.2, -0.15) is 0 Å². The third-order valence-corrected chi connectivity index (χ3v) is 11.9. The second-order valence-electron chi connectivity index (χ2n) is 15.7. The molecule has 3 aromatic carbocycles. The highest BCUT2D eigenvalue weighted by Crippen LogP contribution is 2.54. The van der Waals surface area contributed by atoms with Crippen LogP contribution in [0.4, 0.5) is 0 Å².